The zero-order valence-corrected chi connectivity index (χ0v) is 16.4. The molecule has 0 aliphatic carbocycles. The molecule has 2 aliphatic heterocycles. The predicted molar refractivity (Wildman–Crippen MR) is 106 cm³/mol. The molecule has 0 aromatic heterocycles. The Labute approximate surface area is 165 Å². The van der Waals surface area contributed by atoms with Crippen molar-refractivity contribution < 1.29 is 17.9 Å². The Morgan fingerprint density at radius 1 is 1.00 bits per heavy atom. The molecule has 2 saturated heterocycles. The van der Waals surface area contributed by atoms with Gasteiger partial charge in [-0.15, -0.1) is 0 Å². The first-order valence-corrected chi connectivity index (χ1v) is 10.9. The lowest BCUT2D eigenvalue weighted by atomic mass is 9.72. The molecule has 2 fully saturated rings. The van der Waals surface area contributed by atoms with E-state index in [9.17, 15) is 13.2 Å². The molecule has 28 heavy (non-hydrogen) atoms. The third-order valence-electron chi connectivity index (χ3n) is 5.84. The number of hydrogen-bond donors (Lipinski definition) is 1. The molecular weight excluding hydrogens is 376 g/mol. The Morgan fingerprint density at radius 3 is 2.25 bits per heavy atom. The van der Waals surface area contributed by atoms with E-state index in [-0.39, 0.29) is 22.8 Å². The highest BCUT2D eigenvalue weighted by Crippen LogP contribution is 2.46. The highest BCUT2D eigenvalue weighted by molar-refractivity contribution is 7.89. The van der Waals surface area contributed by atoms with Gasteiger partial charge in [-0.3, -0.25) is 4.79 Å². The first kappa shape index (κ1) is 19.1. The summed E-state index contributed by atoms with van der Waals surface area (Å²) in [6, 6.07) is 17.7. The fourth-order valence-electron chi connectivity index (χ4n) is 4.24. The maximum absolute atomic E-state index is 13.1. The molecule has 1 unspecified atom stereocenters. The van der Waals surface area contributed by atoms with E-state index in [2.05, 4.69) is 5.32 Å². The SMILES string of the molecule is O=C(Nc1ccccc1)C1CN(S(=O)(=O)c2ccccc2)CC12CCOCC2. The van der Waals surface area contributed by atoms with Crippen molar-refractivity contribution in [3.8, 4) is 0 Å². The Morgan fingerprint density at radius 2 is 1.61 bits per heavy atom. The molecule has 1 amide bonds. The van der Waals surface area contributed by atoms with Crippen molar-refractivity contribution >= 4 is 21.6 Å². The van der Waals surface area contributed by atoms with E-state index in [1.54, 1.807) is 30.3 Å². The number of amides is 1. The van der Waals surface area contributed by atoms with Crippen LogP contribution in [0.2, 0.25) is 0 Å². The fraction of sp³-hybridized carbons (Fsp3) is 0.381. The van der Waals surface area contributed by atoms with Gasteiger partial charge in [-0.25, -0.2) is 8.42 Å². The number of nitrogens with one attached hydrogen (secondary N) is 1. The van der Waals surface area contributed by atoms with Crippen LogP contribution in [0.25, 0.3) is 0 Å². The molecule has 2 aromatic carbocycles. The monoisotopic (exact) mass is 400 g/mol. The summed E-state index contributed by atoms with van der Waals surface area (Å²) in [4.78, 5) is 13.4. The Balaban J connectivity index is 1.62. The van der Waals surface area contributed by atoms with Gasteiger partial charge in [0, 0.05) is 37.4 Å². The van der Waals surface area contributed by atoms with Crippen LogP contribution in [-0.4, -0.2) is 44.9 Å². The van der Waals surface area contributed by atoms with Gasteiger partial charge in [-0.05, 0) is 37.1 Å². The average molecular weight is 401 g/mol. The van der Waals surface area contributed by atoms with Crippen LogP contribution in [0.3, 0.4) is 0 Å². The van der Waals surface area contributed by atoms with E-state index in [0.29, 0.717) is 32.6 Å². The Kier molecular flexibility index (Phi) is 5.23. The van der Waals surface area contributed by atoms with Crippen LogP contribution in [0.15, 0.2) is 65.6 Å². The van der Waals surface area contributed by atoms with Crippen LogP contribution in [0.5, 0.6) is 0 Å². The molecule has 2 heterocycles. The van der Waals surface area contributed by atoms with Crippen molar-refractivity contribution in [3.63, 3.8) is 0 Å². The number of anilines is 1. The molecule has 7 heteroatoms. The predicted octanol–water partition coefficient (Wildman–Crippen LogP) is 2.74. The van der Waals surface area contributed by atoms with Crippen LogP contribution < -0.4 is 5.32 Å². The zero-order chi connectivity index (χ0) is 19.6. The molecule has 2 aromatic rings. The number of benzene rings is 2. The largest absolute Gasteiger partial charge is 0.381 e. The molecule has 0 bridgehead atoms. The number of sulfonamides is 1. The number of rotatable bonds is 4. The van der Waals surface area contributed by atoms with Crippen LogP contribution in [0.1, 0.15) is 12.8 Å². The van der Waals surface area contributed by atoms with Crippen LogP contribution in [0.4, 0.5) is 5.69 Å². The van der Waals surface area contributed by atoms with E-state index in [1.807, 2.05) is 30.3 Å². The Bertz CT molecular complexity index is 925. The second kappa shape index (κ2) is 7.66. The molecule has 2 aliphatic rings. The number of ether oxygens (including phenoxy) is 1. The first-order chi connectivity index (χ1) is 13.5. The summed E-state index contributed by atoms with van der Waals surface area (Å²) in [5.41, 5.74) is 0.331. The number of nitrogens with zero attached hydrogens (tertiary/aromatic N) is 1. The molecule has 4 rings (SSSR count). The van der Waals surface area contributed by atoms with E-state index in [1.165, 1.54) is 4.31 Å². The topological polar surface area (TPSA) is 75.7 Å². The summed E-state index contributed by atoms with van der Waals surface area (Å²) in [6.07, 6.45) is 1.36. The van der Waals surface area contributed by atoms with Gasteiger partial charge in [0.05, 0.1) is 10.8 Å². The van der Waals surface area contributed by atoms with E-state index < -0.39 is 15.9 Å². The second-order valence-electron chi connectivity index (χ2n) is 7.49. The number of carbonyl (C=O) groups is 1. The smallest absolute Gasteiger partial charge is 0.243 e. The molecule has 0 radical (unpaired) electrons. The van der Waals surface area contributed by atoms with Gasteiger partial charge in [-0.2, -0.15) is 4.31 Å². The van der Waals surface area contributed by atoms with Gasteiger partial charge < -0.3 is 10.1 Å². The van der Waals surface area contributed by atoms with E-state index in [4.69, 9.17) is 4.74 Å². The quantitative estimate of drug-likeness (QED) is 0.856. The van der Waals surface area contributed by atoms with Gasteiger partial charge in [0.1, 0.15) is 0 Å². The number of carbonyl (C=O) groups excluding carboxylic acids is 1. The Hall–Kier alpha value is -2.22. The molecule has 1 N–H and O–H groups in total. The first-order valence-electron chi connectivity index (χ1n) is 9.50. The molecule has 1 spiro atoms. The maximum atomic E-state index is 13.1. The van der Waals surface area contributed by atoms with Crippen molar-refractivity contribution in [1.29, 1.82) is 0 Å². The van der Waals surface area contributed by atoms with Crippen molar-refractivity contribution in [1.82, 2.24) is 4.31 Å². The molecule has 6 nitrogen and oxygen atoms in total. The third-order valence-corrected chi connectivity index (χ3v) is 7.67. The third kappa shape index (κ3) is 3.57. The minimum atomic E-state index is -3.64. The highest BCUT2D eigenvalue weighted by atomic mass is 32.2. The molecule has 148 valence electrons. The van der Waals surface area contributed by atoms with E-state index in [0.717, 1.165) is 5.69 Å². The van der Waals surface area contributed by atoms with Gasteiger partial charge >= 0.3 is 0 Å². The van der Waals surface area contributed by atoms with Gasteiger partial charge in [0.15, 0.2) is 0 Å². The van der Waals surface area contributed by atoms with E-state index >= 15 is 0 Å². The van der Waals surface area contributed by atoms with Crippen molar-refractivity contribution in [2.24, 2.45) is 11.3 Å². The lowest BCUT2D eigenvalue weighted by Crippen LogP contribution is -2.42. The number of para-hydroxylation sites is 1. The van der Waals surface area contributed by atoms with Crippen molar-refractivity contribution in [2.45, 2.75) is 17.7 Å². The maximum Gasteiger partial charge on any atom is 0.243 e. The summed E-state index contributed by atoms with van der Waals surface area (Å²) in [6.45, 7) is 1.64. The van der Waals surface area contributed by atoms with Crippen molar-refractivity contribution in [3.05, 3.63) is 60.7 Å². The number of hydrogen-bond acceptors (Lipinski definition) is 4. The van der Waals surface area contributed by atoms with Crippen LogP contribution in [0, 0.1) is 11.3 Å². The lowest BCUT2D eigenvalue weighted by Gasteiger charge is -2.37. The molecule has 1 atom stereocenters. The second-order valence-corrected chi connectivity index (χ2v) is 9.43. The normalized spacial score (nSPS) is 22.2. The van der Waals surface area contributed by atoms with Crippen LogP contribution >= 0.6 is 0 Å². The molecule has 0 saturated carbocycles. The average Bonchev–Trinajstić information content (AvgIpc) is 3.09. The highest BCUT2D eigenvalue weighted by Gasteiger charge is 2.53. The summed E-state index contributed by atoms with van der Waals surface area (Å²) in [5.74, 6) is -0.533. The lowest BCUT2D eigenvalue weighted by molar-refractivity contribution is -0.124. The minimum absolute atomic E-state index is 0.126. The van der Waals surface area contributed by atoms with Crippen LogP contribution in [-0.2, 0) is 19.6 Å². The summed E-state index contributed by atoms with van der Waals surface area (Å²) >= 11 is 0. The summed E-state index contributed by atoms with van der Waals surface area (Å²) < 4.78 is 33.3. The summed E-state index contributed by atoms with van der Waals surface area (Å²) in [5, 5.41) is 2.97. The van der Waals surface area contributed by atoms with Gasteiger partial charge in [0.25, 0.3) is 0 Å². The standard InChI is InChI=1S/C21H24N2O4S/c24-20(22-17-7-3-1-4-8-17)19-15-23(16-21(19)11-13-27-14-12-21)28(25,26)18-9-5-2-6-10-18/h1-10,19H,11-16H2,(H,22,24). The zero-order valence-electron chi connectivity index (χ0n) is 15.6. The fourth-order valence-corrected chi connectivity index (χ4v) is 5.82. The minimum Gasteiger partial charge on any atom is -0.381 e. The molecular formula is C21H24N2O4S. The summed E-state index contributed by atoms with van der Waals surface area (Å²) in [7, 11) is -3.64. The van der Waals surface area contributed by atoms with Crippen molar-refractivity contribution in [2.75, 3.05) is 31.6 Å². The van der Waals surface area contributed by atoms with Gasteiger partial charge in [0.2, 0.25) is 15.9 Å². The van der Waals surface area contributed by atoms with Gasteiger partial charge in [-0.1, -0.05) is 36.4 Å².